The highest BCUT2D eigenvalue weighted by atomic mass is 32.2. The van der Waals surface area contributed by atoms with Gasteiger partial charge < -0.3 is 10.1 Å². The Morgan fingerprint density at radius 2 is 1.85 bits per heavy atom. The molecule has 0 fully saturated rings. The molecule has 0 aromatic heterocycles. The van der Waals surface area contributed by atoms with Crippen LogP contribution in [0.25, 0.3) is 0 Å². The first-order valence-electron chi connectivity index (χ1n) is 6.48. The van der Waals surface area contributed by atoms with Crippen LogP contribution in [0.1, 0.15) is 20.3 Å². The number of ether oxygens (including phenoxy) is 1. The highest BCUT2D eigenvalue weighted by Gasteiger charge is 2.15. The molecule has 0 aliphatic heterocycles. The van der Waals surface area contributed by atoms with Crippen molar-refractivity contribution < 1.29 is 17.9 Å². The molecule has 0 atom stereocenters. The van der Waals surface area contributed by atoms with Gasteiger partial charge in [-0.1, -0.05) is 6.92 Å². The normalized spacial score (nSPS) is 11.1. The number of carbonyl (C=O) groups excluding carboxylic acids is 1. The summed E-state index contributed by atoms with van der Waals surface area (Å²) in [4.78, 5) is 11.5. The number of sulfonamides is 1. The van der Waals surface area contributed by atoms with Gasteiger partial charge in [-0.2, -0.15) is 0 Å². The van der Waals surface area contributed by atoms with Gasteiger partial charge in [0.25, 0.3) is 0 Å². The minimum atomic E-state index is -3.68. The van der Waals surface area contributed by atoms with Crippen LogP contribution in [0.5, 0.6) is 5.75 Å². The maximum atomic E-state index is 11.9. The molecule has 0 spiro atoms. The fourth-order valence-electron chi connectivity index (χ4n) is 1.45. The van der Waals surface area contributed by atoms with E-state index in [1.165, 1.54) is 12.1 Å². The molecule has 2 N–H and O–H groups in total. The molecule has 0 saturated carbocycles. The molecule has 20 heavy (non-hydrogen) atoms. The van der Waals surface area contributed by atoms with Crippen molar-refractivity contribution in [2.75, 3.05) is 19.7 Å². The Labute approximate surface area is 119 Å². The van der Waals surface area contributed by atoms with Crippen molar-refractivity contribution in [3.8, 4) is 5.75 Å². The van der Waals surface area contributed by atoms with Gasteiger partial charge in [-0.25, -0.2) is 13.1 Å². The molecule has 0 unspecified atom stereocenters. The third-order valence-corrected chi connectivity index (χ3v) is 3.86. The van der Waals surface area contributed by atoms with Crippen LogP contribution in [0.15, 0.2) is 29.2 Å². The fourth-order valence-corrected chi connectivity index (χ4v) is 2.43. The summed E-state index contributed by atoms with van der Waals surface area (Å²) in [5.41, 5.74) is 0. The van der Waals surface area contributed by atoms with Crippen LogP contribution in [-0.2, 0) is 14.8 Å². The van der Waals surface area contributed by atoms with E-state index in [4.69, 9.17) is 4.74 Å². The van der Waals surface area contributed by atoms with E-state index in [0.717, 1.165) is 6.42 Å². The number of benzene rings is 1. The van der Waals surface area contributed by atoms with Crippen molar-refractivity contribution >= 4 is 15.9 Å². The van der Waals surface area contributed by atoms with Crippen LogP contribution < -0.4 is 14.8 Å². The van der Waals surface area contributed by atoms with Crippen LogP contribution in [0, 0.1) is 0 Å². The maximum Gasteiger partial charge on any atom is 0.241 e. The Morgan fingerprint density at radius 1 is 1.20 bits per heavy atom. The van der Waals surface area contributed by atoms with Gasteiger partial charge in [-0.05, 0) is 37.6 Å². The summed E-state index contributed by atoms with van der Waals surface area (Å²) < 4.78 is 31.4. The lowest BCUT2D eigenvalue weighted by Crippen LogP contribution is -2.37. The molecule has 0 saturated heterocycles. The number of hydrogen-bond acceptors (Lipinski definition) is 4. The molecule has 0 aliphatic rings. The second-order valence-corrected chi connectivity index (χ2v) is 5.85. The molecular formula is C13H20N2O4S. The number of amides is 1. The molecule has 1 aromatic rings. The molecule has 112 valence electrons. The fraction of sp³-hybridized carbons (Fsp3) is 0.462. The Balaban J connectivity index is 2.62. The minimum absolute atomic E-state index is 0.101. The first-order valence-corrected chi connectivity index (χ1v) is 7.97. The number of rotatable bonds is 8. The van der Waals surface area contributed by atoms with Crippen molar-refractivity contribution in [1.82, 2.24) is 10.0 Å². The summed E-state index contributed by atoms with van der Waals surface area (Å²) in [5.74, 6) is 0.258. The second-order valence-electron chi connectivity index (χ2n) is 4.08. The standard InChI is InChI=1S/C13H20N2O4S/c1-3-9-14-13(16)10-15-20(17,18)12-7-5-11(6-8-12)19-4-2/h5-8,15H,3-4,9-10H2,1-2H3,(H,14,16). The lowest BCUT2D eigenvalue weighted by Gasteiger charge is -2.08. The molecule has 1 amide bonds. The zero-order chi connectivity index (χ0) is 15.0. The van der Waals surface area contributed by atoms with Gasteiger partial charge in [-0.15, -0.1) is 0 Å². The van der Waals surface area contributed by atoms with Gasteiger partial charge in [0.2, 0.25) is 15.9 Å². The first-order chi connectivity index (χ1) is 9.49. The van der Waals surface area contributed by atoms with Gasteiger partial charge in [0.1, 0.15) is 5.75 Å². The summed E-state index contributed by atoms with van der Waals surface area (Å²) in [6, 6.07) is 6.04. The SMILES string of the molecule is CCCNC(=O)CNS(=O)(=O)c1ccc(OCC)cc1. The Morgan fingerprint density at radius 3 is 2.40 bits per heavy atom. The van der Waals surface area contributed by atoms with Gasteiger partial charge in [-0.3, -0.25) is 4.79 Å². The van der Waals surface area contributed by atoms with Crippen molar-refractivity contribution in [2.45, 2.75) is 25.2 Å². The van der Waals surface area contributed by atoms with Gasteiger partial charge in [0, 0.05) is 6.54 Å². The summed E-state index contributed by atoms with van der Waals surface area (Å²) in [5, 5.41) is 2.60. The summed E-state index contributed by atoms with van der Waals surface area (Å²) >= 11 is 0. The van der Waals surface area contributed by atoms with Crippen LogP contribution in [0.2, 0.25) is 0 Å². The average molecular weight is 300 g/mol. The molecule has 0 heterocycles. The van der Waals surface area contributed by atoms with Crippen molar-refractivity contribution in [2.24, 2.45) is 0 Å². The van der Waals surface area contributed by atoms with Gasteiger partial charge in [0.05, 0.1) is 18.0 Å². The van der Waals surface area contributed by atoms with Crippen molar-refractivity contribution in [3.05, 3.63) is 24.3 Å². The monoisotopic (exact) mass is 300 g/mol. The smallest absolute Gasteiger partial charge is 0.241 e. The third kappa shape index (κ3) is 5.18. The Bertz CT molecular complexity index is 526. The highest BCUT2D eigenvalue weighted by molar-refractivity contribution is 7.89. The zero-order valence-electron chi connectivity index (χ0n) is 11.7. The highest BCUT2D eigenvalue weighted by Crippen LogP contribution is 2.15. The molecule has 7 heteroatoms. The number of hydrogen-bond donors (Lipinski definition) is 2. The first kappa shape index (κ1) is 16.5. The van der Waals surface area contributed by atoms with Crippen LogP contribution >= 0.6 is 0 Å². The second kappa shape index (κ2) is 7.86. The summed E-state index contributed by atoms with van der Waals surface area (Å²) in [7, 11) is -3.68. The largest absolute Gasteiger partial charge is 0.494 e. The number of carbonyl (C=O) groups is 1. The molecule has 0 radical (unpaired) electrons. The predicted octanol–water partition coefficient (Wildman–Crippen LogP) is 0.890. The molecular weight excluding hydrogens is 280 g/mol. The van der Waals surface area contributed by atoms with E-state index < -0.39 is 10.0 Å². The molecule has 1 aromatic carbocycles. The topological polar surface area (TPSA) is 84.5 Å². The lowest BCUT2D eigenvalue weighted by molar-refractivity contribution is -0.119. The lowest BCUT2D eigenvalue weighted by atomic mass is 10.3. The molecule has 6 nitrogen and oxygen atoms in total. The van der Waals surface area contributed by atoms with E-state index in [1.54, 1.807) is 12.1 Å². The van der Waals surface area contributed by atoms with E-state index in [1.807, 2.05) is 13.8 Å². The van der Waals surface area contributed by atoms with Gasteiger partial charge >= 0.3 is 0 Å². The zero-order valence-corrected chi connectivity index (χ0v) is 12.5. The Kier molecular flexibility index (Phi) is 6.47. The van der Waals surface area contributed by atoms with Crippen LogP contribution in [0.4, 0.5) is 0 Å². The van der Waals surface area contributed by atoms with E-state index >= 15 is 0 Å². The van der Waals surface area contributed by atoms with E-state index in [-0.39, 0.29) is 17.3 Å². The quantitative estimate of drug-likeness (QED) is 0.747. The maximum absolute atomic E-state index is 11.9. The molecule has 0 bridgehead atoms. The van der Waals surface area contributed by atoms with Crippen LogP contribution in [-0.4, -0.2) is 34.0 Å². The Hall–Kier alpha value is -1.60. The van der Waals surface area contributed by atoms with E-state index in [2.05, 4.69) is 10.0 Å². The molecule has 0 aliphatic carbocycles. The summed E-state index contributed by atoms with van der Waals surface area (Å²) in [6.07, 6.45) is 0.803. The minimum Gasteiger partial charge on any atom is -0.494 e. The third-order valence-electron chi connectivity index (χ3n) is 2.44. The van der Waals surface area contributed by atoms with Crippen LogP contribution in [0.3, 0.4) is 0 Å². The average Bonchev–Trinajstić information content (AvgIpc) is 2.44. The van der Waals surface area contributed by atoms with E-state index in [9.17, 15) is 13.2 Å². The summed E-state index contributed by atoms with van der Waals surface area (Å²) in [6.45, 7) is 4.55. The molecule has 1 rings (SSSR count). The number of nitrogens with one attached hydrogen (secondary N) is 2. The van der Waals surface area contributed by atoms with Crippen molar-refractivity contribution in [3.63, 3.8) is 0 Å². The van der Waals surface area contributed by atoms with Gasteiger partial charge in [0.15, 0.2) is 0 Å². The van der Waals surface area contributed by atoms with E-state index in [0.29, 0.717) is 18.9 Å². The predicted molar refractivity (Wildman–Crippen MR) is 76.1 cm³/mol. The van der Waals surface area contributed by atoms with Crippen molar-refractivity contribution in [1.29, 1.82) is 0 Å².